The number of thioether (sulfide) groups is 1. The average Bonchev–Trinajstić information content (AvgIpc) is 3.18. The lowest BCUT2D eigenvalue weighted by Gasteiger charge is -2.09. The van der Waals surface area contributed by atoms with Gasteiger partial charge in [-0.25, -0.2) is 4.98 Å². The highest BCUT2D eigenvalue weighted by Gasteiger charge is 2.14. The number of hydrogen-bond donors (Lipinski definition) is 1. The molecular weight excluding hydrogens is 324 g/mol. The van der Waals surface area contributed by atoms with Crippen molar-refractivity contribution in [3.8, 4) is 0 Å². The van der Waals surface area contributed by atoms with Crippen molar-refractivity contribution in [3.05, 3.63) is 47.4 Å². The van der Waals surface area contributed by atoms with Gasteiger partial charge in [-0.3, -0.25) is 4.79 Å². The number of hydrogen-bond acceptors (Lipinski definition) is 5. The van der Waals surface area contributed by atoms with E-state index < -0.39 is 0 Å². The lowest BCUT2D eigenvalue weighted by Crippen LogP contribution is -2.31. The largest absolute Gasteiger partial charge is 0.455 e. The molecule has 0 aliphatic heterocycles. The molecule has 0 saturated carbocycles. The maximum atomic E-state index is 12.0. The molecule has 0 spiro atoms. The Morgan fingerprint density at radius 2 is 2.12 bits per heavy atom. The number of nitrogens with zero attached hydrogens (tertiary/aromatic N) is 1. The number of amides is 1. The van der Waals surface area contributed by atoms with Crippen LogP contribution in [0, 0.1) is 6.92 Å². The lowest BCUT2D eigenvalue weighted by atomic mass is 10.2. The van der Waals surface area contributed by atoms with Crippen LogP contribution in [-0.4, -0.2) is 16.9 Å². The maximum Gasteiger partial charge on any atom is 0.287 e. The minimum Gasteiger partial charge on any atom is -0.455 e. The van der Waals surface area contributed by atoms with Crippen LogP contribution in [0.3, 0.4) is 0 Å². The van der Waals surface area contributed by atoms with Gasteiger partial charge < -0.3 is 14.2 Å². The predicted molar refractivity (Wildman–Crippen MR) is 94.2 cm³/mol. The van der Waals surface area contributed by atoms with E-state index in [1.165, 1.54) is 11.8 Å². The zero-order valence-electron chi connectivity index (χ0n) is 14.0. The monoisotopic (exact) mass is 344 g/mol. The molecule has 1 amide bonds. The van der Waals surface area contributed by atoms with Crippen molar-refractivity contribution in [1.82, 2.24) is 10.3 Å². The molecule has 2 aromatic heterocycles. The van der Waals surface area contributed by atoms with Gasteiger partial charge in [0, 0.05) is 6.04 Å². The number of rotatable bonds is 6. The number of fused-ring (bicyclic) bond motifs is 1. The van der Waals surface area contributed by atoms with Crippen molar-refractivity contribution in [1.29, 1.82) is 0 Å². The van der Waals surface area contributed by atoms with Gasteiger partial charge in [0.15, 0.2) is 11.3 Å². The highest BCUT2D eigenvalue weighted by molar-refractivity contribution is 7.98. The summed E-state index contributed by atoms with van der Waals surface area (Å²) in [4.78, 5) is 16.5. The fourth-order valence-corrected chi connectivity index (χ4v) is 2.92. The lowest BCUT2D eigenvalue weighted by molar-refractivity contribution is 0.0910. The number of carbonyl (C=O) groups excluding carboxylic acids is 1. The standard InChI is InChI=1S/C18H20N2O3S/c1-4-12(3)19-17(21)16-8-6-13(22-16)10-24-18-20-14-9-11(2)5-7-15(14)23-18/h5-9,12H,4,10H2,1-3H3,(H,19,21). The Morgan fingerprint density at radius 3 is 2.92 bits per heavy atom. The van der Waals surface area contributed by atoms with Crippen LogP contribution in [0.5, 0.6) is 0 Å². The first-order chi connectivity index (χ1) is 11.5. The van der Waals surface area contributed by atoms with Crippen LogP contribution < -0.4 is 5.32 Å². The van der Waals surface area contributed by atoms with E-state index in [4.69, 9.17) is 8.83 Å². The van der Waals surface area contributed by atoms with Crippen molar-refractivity contribution in [2.45, 2.75) is 44.2 Å². The molecule has 1 aromatic carbocycles. The zero-order valence-corrected chi connectivity index (χ0v) is 14.8. The third-order valence-electron chi connectivity index (χ3n) is 3.74. The Balaban J connectivity index is 1.63. The van der Waals surface area contributed by atoms with E-state index in [1.54, 1.807) is 6.07 Å². The van der Waals surface area contributed by atoms with Gasteiger partial charge in [0.2, 0.25) is 0 Å². The van der Waals surface area contributed by atoms with Gasteiger partial charge in [-0.2, -0.15) is 0 Å². The van der Waals surface area contributed by atoms with Gasteiger partial charge in [0.25, 0.3) is 11.1 Å². The number of oxazole rings is 1. The van der Waals surface area contributed by atoms with Crippen molar-refractivity contribution >= 4 is 28.8 Å². The molecule has 3 rings (SSSR count). The van der Waals surface area contributed by atoms with Gasteiger partial charge in [-0.15, -0.1) is 0 Å². The quantitative estimate of drug-likeness (QED) is 0.664. The number of carbonyl (C=O) groups is 1. The SMILES string of the molecule is CCC(C)NC(=O)c1ccc(CSc2nc3cc(C)ccc3o2)o1. The first-order valence-electron chi connectivity index (χ1n) is 7.94. The van der Waals surface area contributed by atoms with E-state index in [0.717, 1.165) is 23.1 Å². The van der Waals surface area contributed by atoms with Crippen LogP contribution >= 0.6 is 11.8 Å². The second-order valence-corrected chi connectivity index (χ2v) is 6.71. The topological polar surface area (TPSA) is 68.3 Å². The minimum atomic E-state index is -0.182. The predicted octanol–water partition coefficient (Wildman–Crippen LogP) is 4.55. The molecule has 5 nitrogen and oxygen atoms in total. The molecule has 6 heteroatoms. The number of furan rings is 1. The molecule has 3 aromatic rings. The van der Waals surface area contributed by atoms with Gasteiger partial charge in [-0.1, -0.05) is 24.8 Å². The molecule has 1 N–H and O–H groups in total. The normalized spacial score (nSPS) is 12.5. The molecular formula is C18H20N2O3S. The van der Waals surface area contributed by atoms with Crippen molar-refractivity contribution in [3.63, 3.8) is 0 Å². The summed E-state index contributed by atoms with van der Waals surface area (Å²) >= 11 is 1.45. The van der Waals surface area contributed by atoms with Crippen LogP contribution in [0.2, 0.25) is 0 Å². The maximum absolute atomic E-state index is 12.0. The number of nitrogens with one attached hydrogen (secondary N) is 1. The van der Waals surface area contributed by atoms with Crippen molar-refractivity contribution < 1.29 is 13.6 Å². The summed E-state index contributed by atoms with van der Waals surface area (Å²) in [5.74, 6) is 1.42. The molecule has 1 unspecified atom stereocenters. The van der Waals surface area contributed by atoms with Crippen molar-refractivity contribution in [2.75, 3.05) is 0 Å². The highest BCUT2D eigenvalue weighted by Crippen LogP contribution is 2.27. The van der Waals surface area contributed by atoms with Gasteiger partial charge in [0.1, 0.15) is 11.3 Å². The molecule has 0 fully saturated rings. The van der Waals surface area contributed by atoms with E-state index in [2.05, 4.69) is 10.3 Å². The first kappa shape index (κ1) is 16.6. The fourth-order valence-electron chi connectivity index (χ4n) is 2.19. The van der Waals surface area contributed by atoms with E-state index in [-0.39, 0.29) is 11.9 Å². The average molecular weight is 344 g/mol. The summed E-state index contributed by atoms with van der Waals surface area (Å²) in [5, 5.41) is 3.48. The first-order valence-corrected chi connectivity index (χ1v) is 8.93. The van der Waals surface area contributed by atoms with Gasteiger partial charge in [0.05, 0.1) is 5.75 Å². The highest BCUT2D eigenvalue weighted by atomic mass is 32.2. The van der Waals surface area contributed by atoms with Crippen molar-refractivity contribution in [2.24, 2.45) is 0 Å². The molecule has 1 atom stereocenters. The van der Waals surface area contributed by atoms with E-state index in [1.807, 2.05) is 45.0 Å². The molecule has 0 saturated heterocycles. The molecule has 0 aliphatic carbocycles. The zero-order chi connectivity index (χ0) is 17.1. The molecule has 2 heterocycles. The van der Waals surface area contributed by atoms with E-state index >= 15 is 0 Å². The van der Waals surface area contributed by atoms with Crippen LogP contribution in [0.1, 0.15) is 42.1 Å². The third-order valence-corrected chi connectivity index (χ3v) is 4.59. The fraction of sp³-hybridized carbons (Fsp3) is 0.333. The molecule has 0 bridgehead atoms. The summed E-state index contributed by atoms with van der Waals surface area (Å²) in [6, 6.07) is 9.55. The minimum absolute atomic E-state index is 0.128. The summed E-state index contributed by atoms with van der Waals surface area (Å²) in [6.45, 7) is 6.01. The van der Waals surface area contributed by atoms with Crippen LogP contribution in [0.15, 0.2) is 44.4 Å². The second kappa shape index (κ2) is 7.13. The Bertz CT molecular complexity index is 853. The third kappa shape index (κ3) is 3.82. The Kier molecular flexibility index (Phi) is 4.94. The summed E-state index contributed by atoms with van der Waals surface area (Å²) in [5.41, 5.74) is 2.78. The summed E-state index contributed by atoms with van der Waals surface area (Å²) in [6.07, 6.45) is 0.881. The molecule has 24 heavy (non-hydrogen) atoms. The van der Waals surface area contributed by atoms with Gasteiger partial charge in [-0.05, 0) is 50.1 Å². The smallest absolute Gasteiger partial charge is 0.287 e. The van der Waals surface area contributed by atoms with E-state index in [9.17, 15) is 4.79 Å². The number of benzene rings is 1. The Labute approximate surface area is 144 Å². The Hall–Kier alpha value is -2.21. The summed E-state index contributed by atoms with van der Waals surface area (Å²) in [7, 11) is 0. The number of aryl methyl sites for hydroxylation is 1. The van der Waals surface area contributed by atoms with Crippen LogP contribution in [0.4, 0.5) is 0 Å². The molecule has 126 valence electrons. The van der Waals surface area contributed by atoms with Crippen LogP contribution in [-0.2, 0) is 5.75 Å². The second-order valence-electron chi connectivity index (χ2n) is 5.79. The van der Waals surface area contributed by atoms with Crippen LogP contribution in [0.25, 0.3) is 11.1 Å². The molecule has 0 radical (unpaired) electrons. The molecule has 0 aliphatic rings. The number of aromatic nitrogens is 1. The van der Waals surface area contributed by atoms with Gasteiger partial charge >= 0.3 is 0 Å². The summed E-state index contributed by atoms with van der Waals surface area (Å²) < 4.78 is 11.3. The Morgan fingerprint density at radius 1 is 1.29 bits per heavy atom. The van der Waals surface area contributed by atoms with E-state index in [0.29, 0.717) is 22.5 Å².